The Bertz CT molecular complexity index is 1640. The number of hydrogen-bond acceptors (Lipinski definition) is 13. The fraction of sp³-hybridized carbons (Fsp3) is 0.417. The number of halogens is 3. The molecule has 17 nitrogen and oxygen atoms in total. The number of benzene rings is 1. The number of amidine groups is 1. The van der Waals surface area contributed by atoms with Gasteiger partial charge in [0, 0.05) is 18.2 Å². The largest absolute Gasteiger partial charge is 0.489 e. The number of nitrogens with two attached hydrogens (primary N) is 1. The zero-order valence-corrected chi connectivity index (χ0v) is 25.2. The van der Waals surface area contributed by atoms with E-state index in [2.05, 4.69) is 20.8 Å². The minimum absolute atomic E-state index is 0.0318. The number of carboxylic acid groups (broad SMARTS) is 1. The number of aliphatic carboxylic acids is 1. The molecule has 2 fully saturated rings. The highest BCUT2D eigenvalue weighted by Gasteiger charge is 2.52. The number of amides is 2. The lowest BCUT2D eigenvalue weighted by Gasteiger charge is -2.42. The van der Waals surface area contributed by atoms with Crippen LogP contribution < -0.4 is 26.4 Å². The molecule has 2 aliphatic rings. The van der Waals surface area contributed by atoms with Gasteiger partial charge in [0.15, 0.2) is 10.8 Å². The van der Waals surface area contributed by atoms with Gasteiger partial charge in [-0.1, -0.05) is 16.5 Å². The second kappa shape index (κ2) is 13.4. The molecule has 0 spiro atoms. The van der Waals surface area contributed by atoms with Crippen LogP contribution in [0, 0.1) is 5.41 Å². The fourth-order valence-electron chi connectivity index (χ4n) is 4.41. The Morgan fingerprint density at radius 3 is 2.52 bits per heavy atom. The number of nitrogens with zero attached hydrogens (tertiary/aromatic N) is 3. The first-order chi connectivity index (χ1) is 21.5. The summed E-state index contributed by atoms with van der Waals surface area (Å²) in [7, 11) is -4.99. The standard InChI is InChI=1S/C24H27F3N8O9S2/c1-10-15(21(37)35(10)46(40,41)42)32-20(36)17(16-18(24(25,26)27)45-23(29)33-16)34-44-14(22(38)39)9-43-13-4-2-11(3-5-13)19(28)31-12-6-7-30-8-12/h2-5,10,12,14-15,30H,6-9H2,1H3,(H2,28,31)(H2,29,33)(H,32,36)(H,38,39)(H,40,41,42)/b34-17-/t10-,12+,14?,15-/m0/s1. The summed E-state index contributed by atoms with van der Waals surface area (Å²) in [5.74, 6) is -4.21. The van der Waals surface area contributed by atoms with Crippen molar-refractivity contribution in [2.75, 3.05) is 25.4 Å². The third-order valence-corrected chi connectivity index (χ3v) is 8.65. The number of anilines is 1. The maximum absolute atomic E-state index is 13.7. The number of hydrogen-bond donors (Lipinski definition) is 7. The van der Waals surface area contributed by atoms with E-state index in [4.69, 9.17) is 25.3 Å². The Balaban J connectivity index is 1.51. The molecule has 0 saturated carbocycles. The number of carboxylic acids is 1. The van der Waals surface area contributed by atoms with Crippen molar-refractivity contribution in [3.8, 4) is 5.75 Å². The summed E-state index contributed by atoms with van der Waals surface area (Å²) in [6, 6.07) is 3.10. The van der Waals surface area contributed by atoms with Gasteiger partial charge < -0.3 is 36.4 Å². The van der Waals surface area contributed by atoms with E-state index in [1.54, 1.807) is 12.1 Å². The first-order valence-electron chi connectivity index (χ1n) is 13.2. The van der Waals surface area contributed by atoms with Crippen molar-refractivity contribution >= 4 is 56.1 Å². The number of ether oxygens (including phenoxy) is 1. The van der Waals surface area contributed by atoms with Gasteiger partial charge in [-0.15, -0.1) is 0 Å². The van der Waals surface area contributed by atoms with Crippen LogP contribution in [0.2, 0.25) is 0 Å². The second-order valence-corrected chi connectivity index (χ2v) is 12.3. The van der Waals surface area contributed by atoms with E-state index in [0.29, 0.717) is 12.1 Å². The van der Waals surface area contributed by atoms with Gasteiger partial charge in [0.2, 0.25) is 0 Å². The van der Waals surface area contributed by atoms with E-state index in [0.717, 1.165) is 19.9 Å². The number of β-lactam (4-membered cyclic amide) rings is 1. The first kappa shape index (κ1) is 34.3. The molecular formula is C24H27F3N8O9S2. The van der Waals surface area contributed by atoms with Crippen LogP contribution in [0.5, 0.6) is 5.75 Å². The zero-order chi connectivity index (χ0) is 34.0. The monoisotopic (exact) mass is 692 g/mol. The van der Waals surface area contributed by atoms with E-state index in [1.807, 2.05) is 5.32 Å². The van der Waals surface area contributed by atoms with Gasteiger partial charge >= 0.3 is 22.4 Å². The third-order valence-electron chi connectivity index (χ3n) is 6.71. The van der Waals surface area contributed by atoms with Gasteiger partial charge in [0.05, 0.1) is 6.04 Å². The predicted octanol–water partition coefficient (Wildman–Crippen LogP) is -0.208. The molecule has 0 bridgehead atoms. The number of carbonyl (C=O) groups is 3. The third kappa shape index (κ3) is 7.81. The summed E-state index contributed by atoms with van der Waals surface area (Å²) in [5.41, 5.74) is 3.58. The van der Waals surface area contributed by atoms with Crippen LogP contribution in [0.4, 0.5) is 18.3 Å². The average Bonchev–Trinajstić information content (AvgIpc) is 3.62. The van der Waals surface area contributed by atoms with E-state index in [-0.39, 0.29) is 33.3 Å². The lowest BCUT2D eigenvalue weighted by atomic mass is 10.0. The van der Waals surface area contributed by atoms with Crippen LogP contribution in [0.3, 0.4) is 0 Å². The summed E-state index contributed by atoms with van der Waals surface area (Å²) in [6.45, 7) is 1.91. The van der Waals surface area contributed by atoms with Crippen LogP contribution in [0.1, 0.15) is 29.5 Å². The van der Waals surface area contributed by atoms with Crippen LogP contribution in [-0.4, -0.2) is 101 Å². The molecule has 2 saturated heterocycles. The van der Waals surface area contributed by atoms with Gasteiger partial charge in [-0.25, -0.2) is 14.1 Å². The molecule has 4 atom stereocenters. The molecule has 2 aliphatic heterocycles. The number of oxime groups is 1. The fourth-order valence-corrected chi connectivity index (χ4v) is 6.00. The van der Waals surface area contributed by atoms with Crippen molar-refractivity contribution in [1.29, 1.82) is 5.41 Å². The molecule has 0 aliphatic carbocycles. The first-order valence-corrected chi connectivity index (χ1v) is 15.4. The minimum Gasteiger partial charge on any atom is -0.489 e. The van der Waals surface area contributed by atoms with E-state index in [9.17, 15) is 41.1 Å². The van der Waals surface area contributed by atoms with Gasteiger partial charge in [0.1, 0.15) is 34.8 Å². The summed E-state index contributed by atoms with van der Waals surface area (Å²) in [4.78, 5) is 44.1. The molecule has 46 heavy (non-hydrogen) atoms. The van der Waals surface area contributed by atoms with Crippen LogP contribution >= 0.6 is 11.3 Å². The topological polar surface area (TPSA) is 259 Å². The molecule has 0 radical (unpaired) electrons. The molecule has 1 aromatic carbocycles. The van der Waals surface area contributed by atoms with Crippen molar-refractivity contribution in [2.45, 2.75) is 43.8 Å². The van der Waals surface area contributed by atoms with Crippen molar-refractivity contribution in [1.82, 2.24) is 25.2 Å². The molecule has 22 heteroatoms. The maximum atomic E-state index is 13.7. The number of carbonyl (C=O) groups excluding carboxylic acids is 2. The Kier molecular flexibility index (Phi) is 10.0. The Morgan fingerprint density at radius 2 is 1.98 bits per heavy atom. The zero-order valence-electron chi connectivity index (χ0n) is 23.6. The molecule has 8 N–H and O–H groups in total. The van der Waals surface area contributed by atoms with Crippen molar-refractivity contribution in [2.24, 2.45) is 5.16 Å². The molecule has 250 valence electrons. The molecule has 2 aromatic rings. The molecule has 4 rings (SSSR count). The highest BCUT2D eigenvalue weighted by Crippen LogP contribution is 2.38. The molecular weight excluding hydrogens is 665 g/mol. The van der Waals surface area contributed by atoms with Gasteiger partial charge in [-0.05, 0) is 44.2 Å². The highest BCUT2D eigenvalue weighted by molar-refractivity contribution is 7.84. The van der Waals surface area contributed by atoms with Crippen LogP contribution in [-0.2, 0) is 35.7 Å². The van der Waals surface area contributed by atoms with Crippen molar-refractivity contribution < 1.29 is 55.2 Å². The number of nitrogens with one attached hydrogen (secondary N) is 4. The van der Waals surface area contributed by atoms with Crippen LogP contribution in [0.25, 0.3) is 0 Å². The Labute approximate surface area is 262 Å². The number of aromatic nitrogens is 1. The number of thiazole rings is 1. The molecule has 2 amide bonds. The maximum Gasteiger partial charge on any atom is 0.427 e. The SMILES string of the molecule is C[C@H]1[C@H](NC(=O)/C(=N\OC(COc2ccc(C(=N)N[C@@H]3CCNC3)cc2)C(=O)O)c2nc(N)sc2C(F)(F)F)C(=O)N1S(=O)(=O)O. The van der Waals surface area contributed by atoms with E-state index >= 15 is 0 Å². The quantitative estimate of drug-likeness (QED) is 0.0500. The summed E-state index contributed by atoms with van der Waals surface area (Å²) < 4.78 is 78.6. The van der Waals surface area contributed by atoms with E-state index in [1.165, 1.54) is 12.1 Å². The lowest BCUT2D eigenvalue weighted by molar-refractivity contribution is -0.152. The summed E-state index contributed by atoms with van der Waals surface area (Å²) in [6.07, 6.45) is -6.24. The Hall–Kier alpha value is -4.54. The van der Waals surface area contributed by atoms with Crippen molar-refractivity contribution in [3.63, 3.8) is 0 Å². The number of alkyl halides is 3. The molecule has 1 aromatic heterocycles. The van der Waals surface area contributed by atoms with Gasteiger partial charge in [-0.2, -0.15) is 21.6 Å². The Morgan fingerprint density at radius 1 is 1.30 bits per heavy atom. The number of nitrogen functional groups attached to an aromatic ring is 1. The second-order valence-electron chi connectivity index (χ2n) is 9.95. The average molecular weight is 693 g/mol. The number of rotatable bonds is 12. The summed E-state index contributed by atoms with van der Waals surface area (Å²) in [5, 5.41) is 28.7. The van der Waals surface area contributed by atoms with E-state index < -0.39 is 80.5 Å². The minimum atomic E-state index is -5.10. The highest BCUT2D eigenvalue weighted by atomic mass is 32.2. The molecule has 3 heterocycles. The van der Waals surface area contributed by atoms with Gasteiger partial charge in [-0.3, -0.25) is 19.6 Å². The predicted molar refractivity (Wildman–Crippen MR) is 154 cm³/mol. The smallest absolute Gasteiger partial charge is 0.427 e. The molecule has 1 unspecified atom stereocenters. The summed E-state index contributed by atoms with van der Waals surface area (Å²) >= 11 is -0.0556. The van der Waals surface area contributed by atoms with Crippen LogP contribution in [0.15, 0.2) is 29.4 Å². The normalized spacial score (nSPS) is 20.9. The van der Waals surface area contributed by atoms with Crippen molar-refractivity contribution in [3.05, 3.63) is 40.4 Å². The lowest BCUT2D eigenvalue weighted by Crippen LogP contribution is -2.71. The van der Waals surface area contributed by atoms with Gasteiger partial charge in [0.25, 0.3) is 17.9 Å².